The van der Waals surface area contributed by atoms with E-state index in [0.29, 0.717) is 21.9 Å². The highest BCUT2D eigenvalue weighted by molar-refractivity contribution is 6.01. The van der Waals surface area contributed by atoms with Gasteiger partial charge in [0, 0.05) is 30.0 Å². The molecule has 1 saturated heterocycles. The van der Waals surface area contributed by atoms with E-state index >= 15 is 0 Å². The number of esters is 1. The third kappa shape index (κ3) is 7.61. The number of hydroxylamine groups is 2. The van der Waals surface area contributed by atoms with Crippen LogP contribution in [-0.4, -0.2) is 41.1 Å². The Morgan fingerprint density at radius 2 is 1.87 bits per heavy atom. The minimum Gasteiger partial charge on any atom is -0.459 e. The number of carbonyl (C=O) groups excluding carboxylic acids is 4. The van der Waals surface area contributed by atoms with Gasteiger partial charge in [0.05, 0.1) is 6.54 Å². The average molecular weight is 433 g/mol. The maximum absolute atomic E-state index is 11.8. The predicted octanol–water partition coefficient (Wildman–Crippen LogP) is 2.78. The number of nitrogens with zero attached hydrogens (tertiary/aromatic N) is 4. The molecule has 0 unspecified atom stereocenters. The van der Waals surface area contributed by atoms with Crippen molar-refractivity contribution in [3.63, 3.8) is 0 Å². The van der Waals surface area contributed by atoms with E-state index in [1.165, 1.54) is 6.07 Å². The van der Waals surface area contributed by atoms with E-state index in [-0.39, 0.29) is 32.5 Å². The highest BCUT2D eigenvalue weighted by atomic mass is 16.8. The van der Waals surface area contributed by atoms with E-state index in [0.717, 1.165) is 0 Å². The summed E-state index contributed by atoms with van der Waals surface area (Å²) in [6, 6.07) is 4.67. The van der Waals surface area contributed by atoms with Crippen molar-refractivity contribution in [2.45, 2.75) is 52.4 Å². The molecule has 0 saturated carbocycles. The van der Waals surface area contributed by atoms with Crippen molar-refractivity contribution in [3.8, 4) is 0 Å². The smallest absolute Gasteiger partial charge is 0.459 e. The van der Waals surface area contributed by atoms with Crippen molar-refractivity contribution in [2.75, 3.05) is 6.54 Å². The molecule has 1 aliphatic heterocycles. The molecular weight excluding hydrogens is 410 g/mol. The van der Waals surface area contributed by atoms with Crippen LogP contribution in [0.25, 0.3) is 10.4 Å². The zero-order chi connectivity index (χ0) is 23.0. The Hall–Kier alpha value is -3.63. The number of amides is 2. The zero-order valence-electron chi connectivity index (χ0n) is 17.4. The number of imide groups is 1. The maximum atomic E-state index is 11.8. The number of carbonyl (C=O) groups is 4. The summed E-state index contributed by atoms with van der Waals surface area (Å²) < 4.78 is 10.2. The Labute approximate surface area is 178 Å². The Morgan fingerprint density at radius 3 is 2.48 bits per heavy atom. The summed E-state index contributed by atoms with van der Waals surface area (Å²) in [5, 5.41) is 6.83. The van der Waals surface area contributed by atoms with Gasteiger partial charge < -0.3 is 14.8 Å². The van der Waals surface area contributed by atoms with Crippen LogP contribution in [-0.2, 0) is 41.8 Å². The summed E-state index contributed by atoms with van der Waals surface area (Å²) in [5.41, 5.74) is 9.47. The molecule has 12 heteroatoms. The summed E-state index contributed by atoms with van der Waals surface area (Å²) in [5.74, 6) is -1.68. The van der Waals surface area contributed by atoms with E-state index in [1.54, 1.807) is 32.9 Å². The van der Waals surface area contributed by atoms with Crippen LogP contribution in [0.5, 0.6) is 0 Å². The quantitative estimate of drug-likeness (QED) is 0.215. The molecule has 1 aromatic rings. The SMILES string of the molecule is CC(C)(C)OC(=O)CNCc1cc(N=[N+]=[N-])ccc1COC(=O)ON1C(=O)CCC1=O. The Kier molecular flexibility index (Phi) is 7.94. The molecule has 166 valence electrons. The van der Waals surface area contributed by atoms with Crippen LogP contribution in [0.15, 0.2) is 23.3 Å². The lowest BCUT2D eigenvalue weighted by Gasteiger charge is -2.19. The van der Waals surface area contributed by atoms with Gasteiger partial charge in [0.2, 0.25) is 0 Å². The van der Waals surface area contributed by atoms with Crippen molar-refractivity contribution in [3.05, 3.63) is 39.8 Å². The molecule has 0 aliphatic carbocycles. The topological polar surface area (TPSA) is 160 Å². The second kappa shape index (κ2) is 10.4. The number of hydrogen-bond donors (Lipinski definition) is 1. The number of rotatable bonds is 8. The van der Waals surface area contributed by atoms with Crippen LogP contribution < -0.4 is 5.32 Å². The largest absolute Gasteiger partial charge is 0.534 e. The van der Waals surface area contributed by atoms with Crippen LogP contribution in [0, 0.1) is 0 Å². The monoisotopic (exact) mass is 433 g/mol. The molecule has 0 radical (unpaired) electrons. The van der Waals surface area contributed by atoms with Crippen molar-refractivity contribution in [2.24, 2.45) is 5.11 Å². The first-order valence-corrected chi connectivity index (χ1v) is 9.39. The summed E-state index contributed by atoms with van der Waals surface area (Å²) in [6.45, 7) is 5.15. The number of benzene rings is 1. The lowest BCUT2D eigenvalue weighted by atomic mass is 10.1. The summed E-state index contributed by atoms with van der Waals surface area (Å²) in [7, 11) is 0. The Bertz CT molecular complexity index is 903. The maximum Gasteiger partial charge on any atom is 0.534 e. The fraction of sp³-hybridized carbons (Fsp3) is 0.474. The molecule has 1 aliphatic rings. The number of hydrogen-bond acceptors (Lipinski definition) is 9. The summed E-state index contributed by atoms with van der Waals surface area (Å²) in [4.78, 5) is 54.0. The number of azide groups is 1. The average Bonchev–Trinajstić information content (AvgIpc) is 2.98. The molecule has 1 heterocycles. The molecule has 12 nitrogen and oxygen atoms in total. The minimum absolute atomic E-state index is 0.0273. The Morgan fingerprint density at radius 1 is 1.19 bits per heavy atom. The minimum atomic E-state index is -1.21. The van der Waals surface area contributed by atoms with Gasteiger partial charge in [-0.25, -0.2) is 4.79 Å². The van der Waals surface area contributed by atoms with E-state index in [1.807, 2.05) is 0 Å². The van der Waals surface area contributed by atoms with Crippen LogP contribution in [0.2, 0.25) is 0 Å². The highest BCUT2D eigenvalue weighted by Crippen LogP contribution is 2.20. The van der Waals surface area contributed by atoms with Gasteiger partial charge in [-0.15, -0.1) is 0 Å². The normalized spacial score (nSPS) is 13.6. The third-order valence-electron chi connectivity index (χ3n) is 3.87. The molecule has 0 atom stereocenters. The van der Waals surface area contributed by atoms with Crippen molar-refractivity contribution in [1.82, 2.24) is 10.4 Å². The first kappa shape index (κ1) is 23.6. The molecule has 1 N–H and O–H groups in total. The third-order valence-corrected chi connectivity index (χ3v) is 3.87. The first-order valence-electron chi connectivity index (χ1n) is 9.39. The van der Waals surface area contributed by atoms with Gasteiger partial charge in [-0.05, 0) is 43.5 Å². The molecular formula is C19H23N5O7. The van der Waals surface area contributed by atoms with Gasteiger partial charge in [-0.2, -0.15) is 0 Å². The molecule has 2 amide bonds. The van der Waals surface area contributed by atoms with E-state index in [4.69, 9.17) is 15.0 Å². The highest BCUT2D eigenvalue weighted by Gasteiger charge is 2.33. The number of ether oxygens (including phenoxy) is 2. The fourth-order valence-corrected chi connectivity index (χ4v) is 2.60. The number of nitrogens with one attached hydrogen (secondary N) is 1. The summed E-state index contributed by atoms with van der Waals surface area (Å²) in [6.07, 6.45) is -1.27. The van der Waals surface area contributed by atoms with Gasteiger partial charge in [-0.3, -0.25) is 19.2 Å². The molecule has 2 rings (SSSR count). The lowest BCUT2D eigenvalue weighted by molar-refractivity contribution is -0.177. The molecule has 0 aromatic heterocycles. The van der Waals surface area contributed by atoms with Crippen LogP contribution >= 0.6 is 0 Å². The van der Waals surface area contributed by atoms with Gasteiger partial charge in [0.15, 0.2) is 0 Å². The van der Waals surface area contributed by atoms with E-state index < -0.39 is 29.5 Å². The molecule has 0 spiro atoms. The fourth-order valence-electron chi connectivity index (χ4n) is 2.60. The molecule has 1 aromatic carbocycles. The van der Waals surface area contributed by atoms with Gasteiger partial charge >= 0.3 is 12.1 Å². The summed E-state index contributed by atoms with van der Waals surface area (Å²) >= 11 is 0. The van der Waals surface area contributed by atoms with Crippen molar-refractivity contribution < 1.29 is 33.5 Å². The van der Waals surface area contributed by atoms with Gasteiger partial charge in [0.25, 0.3) is 11.8 Å². The van der Waals surface area contributed by atoms with Gasteiger partial charge in [0.1, 0.15) is 12.2 Å². The predicted molar refractivity (Wildman–Crippen MR) is 105 cm³/mol. The Balaban J connectivity index is 1.99. The van der Waals surface area contributed by atoms with Crippen LogP contribution in [0.4, 0.5) is 10.5 Å². The van der Waals surface area contributed by atoms with Crippen LogP contribution in [0.1, 0.15) is 44.7 Å². The van der Waals surface area contributed by atoms with Crippen LogP contribution in [0.3, 0.4) is 0 Å². The molecule has 0 bridgehead atoms. The lowest BCUT2D eigenvalue weighted by Crippen LogP contribution is -2.32. The molecule has 31 heavy (non-hydrogen) atoms. The van der Waals surface area contributed by atoms with Crippen molar-refractivity contribution in [1.29, 1.82) is 0 Å². The first-order chi connectivity index (χ1) is 14.6. The van der Waals surface area contributed by atoms with Gasteiger partial charge in [-0.1, -0.05) is 22.3 Å². The van der Waals surface area contributed by atoms with Crippen molar-refractivity contribution >= 4 is 29.6 Å². The standard InChI is InChI=1S/C19H23N5O7/c1-19(2,3)30-17(27)10-21-9-13-8-14(22-23-20)5-4-12(13)11-29-18(28)31-24-15(25)6-7-16(24)26/h4-5,8,21H,6-7,9-11H2,1-3H3. The second-order valence-electron chi connectivity index (χ2n) is 7.54. The van der Waals surface area contributed by atoms with E-state index in [2.05, 4.69) is 20.2 Å². The zero-order valence-corrected chi connectivity index (χ0v) is 17.4. The van der Waals surface area contributed by atoms with E-state index in [9.17, 15) is 19.2 Å². The molecule has 1 fully saturated rings. The second-order valence-corrected chi connectivity index (χ2v) is 7.54.